The van der Waals surface area contributed by atoms with E-state index >= 15 is 0 Å². The molecule has 0 unspecified atom stereocenters. The Morgan fingerprint density at radius 1 is 1.33 bits per heavy atom. The number of nitrogens with one attached hydrogen (secondary N) is 1. The van der Waals surface area contributed by atoms with Gasteiger partial charge in [-0.05, 0) is 24.8 Å². The number of carboxylic acid groups (broad SMARTS) is 1. The van der Waals surface area contributed by atoms with Crippen molar-refractivity contribution >= 4 is 34.1 Å². The van der Waals surface area contributed by atoms with Gasteiger partial charge in [0.25, 0.3) is 0 Å². The normalized spacial score (nSPS) is 17.3. The zero-order valence-corrected chi connectivity index (χ0v) is 12.5. The van der Waals surface area contributed by atoms with E-state index in [0.29, 0.717) is 24.5 Å². The Hall–Kier alpha value is -1.89. The van der Waals surface area contributed by atoms with Gasteiger partial charge in [-0.15, -0.1) is 11.3 Å². The lowest BCUT2D eigenvalue weighted by Gasteiger charge is -2.25. The van der Waals surface area contributed by atoms with Crippen molar-refractivity contribution in [2.45, 2.75) is 32.7 Å². The molecule has 6 nitrogen and oxygen atoms in total. The zero-order valence-electron chi connectivity index (χ0n) is 11.6. The molecule has 0 radical (unpaired) electrons. The van der Waals surface area contributed by atoms with Crippen LogP contribution in [0.4, 0.5) is 5.00 Å². The van der Waals surface area contributed by atoms with Crippen molar-refractivity contribution < 1.29 is 19.5 Å². The third kappa shape index (κ3) is 2.65. The van der Waals surface area contributed by atoms with Crippen LogP contribution in [0.1, 0.15) is 40.6 Å². The quantitative estimate of drug-likeness (QED) is 0.890. The van der Waals surface area contributed by atoms with E-state index in [1.165, 1.54) is 18.3 Å². The first-order valence-electron chi connectivity index (χ1n) is 6.91. The van der Waals surface area contributed by atoms with E-state index in [4.69, 9.17) is 0 Å². The highest BCUT2D eigenvalue weighted by atomic mass is 32.1. The van der Waals surface area contributed by atoms with Crippen LogP contribution in [0.25, 0.3) is 0 Å². The van der Waals surface area contributed by atoms with Crippen LogP contribution in [-0.2, 0) is 22.6 Å². The molecule has 21 heavy (non-hydrogen) atoms. The molecule has 2 N–H and O–H groups in total. The first-order valence-corrected chi connectivity index (χ1v) is 7.73. The smallest absolute Gasteiger partial charge is 0.339 e. The number of thiophene rings is 1. The van der Waals surface area contributed by atoms with Crippen LogP contribution >= 0.6 is 11.3 Å². The summed E-state index contributed by atoms with van der Waals surface area (Å²) in [5.41, 5.74) is 0.961. The number of anilines is 1. The van der Waals surface area contributed by atoms with Crippen LogP contribution in [0.15, 0.2) is 0 Å². The summed E-state index contributed by atoms with van der Waals surface area (Å²) in [5.74, 6) is -1.11. The van der Waals surface area contributed by atoms with Crippen molar-refractivity contribution in [2.75, 3.05) is 11.9 Å². The highest BCUT2D eigenvalue weighted by Gasteiger charge is 2.33. The standard InChI is InChI=1S/C14H16N2O4S/c1-7(17)16-5-4-9-10(6-16)21-13(11(9)14(19)20)15-12(18)8-2-3-8/h8H,2-6H2,1H3,(H,15,18)(H,19,20). The van der Waals surface area contributed by atoms with Crippen molar-refractivity contribution in [3.05, 3.63) is 16.0 Å². The molecule has 1 aliphatic heterocycles. The van der Waals surface area contributed by atoms with E-state index in [1.807, 2.05) is 0 Å². The topological polar surface area (TPSA) is 86.7 Å². The number of amides is 2. The summed E-state index contributed by atoms with van der Waals surface area (Å²) < 4.78 is 0. The fourth-order valence-corrected chi connectivity index (χ4v) is 3.80. The van der Waals surface area contributed by atoms with Crippen LogP contribution in [0.2, 0.25) is 0 Å². The number of carbonyl (C=O) groups excluding carboxylic acids is 2. The van der Waals surface area contributed by atoms with E-state index in [9.17, 15) is 19.5 Å². The van der Waals surface area contributed by atoms with Gasteiger partial charge in [-0.1, -0.05) is 0 Å². The molecule has 1 aromatic heterocycles. The first kappa shape index (κ1) is 14.1. The van der Waals surface area contributed by atoms with Crippen molar-refractivity contribution in [3.63, 3.8) is 0 Å². The molecule has 0 bridgehead atoms. The van der Waals surface area contributed by atoms with Crippen LogP contribution in [0, 0.1) is 5.92 Å². The minimum absolute atomic E-state index is 0.0190. The fraction of sp³-hybridized carbons (Fsp3) is 0.500. The number of nitrogens with zero attached hydrogens (tertiary/aromatic N) is 1. The number of aromatic carboxylic acids is 1. The molecule has 0 spiro atoms. The fourth-order valence-electron chi connectivity index (χ4n) is 2.55. The Morgan fingerprint density at radius 3 is 2.62 bits per heavy atom. The van der Waals surface area contributed by atoms with Crippen molar-refractivity contribution in [2.24, 2.45) is 5.92 Å². The summed E-state index contributed by atoms with van der Waals surface area (Å²) in [6.45, 7) is 2.46. The van der Waals surface area contributed by atoms with Gasteiger partial charge in [-0.25, -0.2) is 4.79 Å². The van der Waals surface area contributed by atoms with Crippen molar-refractivity contribution in [1.82, 2.24) is 4.90 Å². The van der Waals surface area contributed by atoms with Crippen LogP contribution < -0.4 is 5.32 Å². The van der Waals surface area contributed by atoms with Crippen LogP contribution in [-0.4, -0.2) is 34.3 Å². The maximum absolute atomic E-state index is 11.9. The summed E-state index contributed by atoms with van der Waals surface area (Å²) >= 11 is 1.28. The molecule has 2 heterocycles. The molecule has 1 aromatic rings. The second-order valence-corrected chi connectivity index (χ2v) is 6.57. The maximum Gasteiger partial charge on any atom is 0.339 e. The van der Waals surface area contributed by atoms with E-state index in [1.54, 1.807) is 4.90 Å². The zero-order chi connectivity index (χ0) is 15.1. The van der Waals surface area contributed by atoms with Gasteiger partial charge in [0.1, 0.15) is 5.00 Å². The monoisotopic (exact) mass is 308 g/mol. The van der Waals surface area contributed by atoms with E-state index in [-0.39, 0.29) is 23.3 Å². The molecule has 1 aliphatic carbocycles. The molecule has 2 amide bonds. The number of hydrogen-bond donors (Lipinski definition) is 2. The largest absolute Gasteiger partial charge is 0.478 e. The van der Waals surface area contributed by atoms with E-state index in [0.717, 1.165) is 23.3 Å². The van der Waals surface area contributed by atoms with Crippen molar-refractivity contribution in [3.8, 4) is 0 Å². The van der Waals surface area contributed by atoms with Gasteiger partial charge in [0.15, 0.2) is 0 Å². The average Bonchev–Trinajstić information content (AvgIpc) is 3.19. The minimum Gasteiger partial charge on any atom is -0.478 e. The predicted molar refractivity (Wildman–Crippen MR) is 77.4 cm³/mol. The Kier molecular flexibility index (Phi) is 3.44. The first-order chi connectivity index (χ1) is 9.97. The molecule has 3 rings (SSSR count). The SMILES string of the molecule is CC(=O)N1CCc2c(sc(NC(=O)C3CC3)c2C(=O)O)C1. The van der Waals surface area contributed by atoms with Crippen LogP contribution in [0.3, 0.4) is 0 Å². The lowest BCUT2D eigenvalue weighted by atomic mass is 10.0. The summed E-state index contributed by atoms with van der Waals surface area (Å²) in [5, 5.41) is 12.6. The Bertz CT molecular complexity index is 633. The third-order valence-corrected chi connectivity index (χ3v) is 5.03. The Balaban J connectivity index is 1.91. The van der Waals surface area contributed by atoms with E-state index in [2.05, 4.69) is 5.32 Å². The Morgan fingerprint density at radius 2 is 2.05 bits per heavy atom. The minimum atomic E-state index is -1.02. The second-order valence-electron chi connectivity index (χ2n) is 5.47. The van der Waals surface area contributed by atoms with E-state index < -0.39 is 5.97 Å². The predicted octanol–water partition coefficient (Wildman–Crippen LogP) is 1.70. The highest BCUT2D eigenvalue weighted by molar-refractivity contribution is 7.17. The molecule has 1 saturated carbocycles. The lowest BCUT2D eigenvalue weighted by molar-refractivity contribution is -0.129. The molecular weight excluding hydrogens is 292 g/mol. The molecule has 0 aromatic carbocycles. The van der Waals surface area contributed by atoms with Gasteiger partial charge < -0.3 is 15.3 Å². The number of fused-ring (bicyclic) bond motifs is 1. The summed E-state index contributed by atoms with van der Waals surface area (Å²) in [6.07, 6.45) is 2.27. The van der Waals surface area contributed by atoms with Gasteiger partial charge in [-0.2, -0.15) is 0 Å². The summed E-state index contributed by atoms with van der Waals surface area (Å²) in [6, 6.07) is 0. The number of hydrogen-bond acceptors (Lipinski definition) is 4. The second kappa shape index (κ2) is 5.14. The molecule has 112 valence electrons. The maximum atomic E-state index is 11.9. The molecule has 1 fully saturated rings. The molecule has 7 heteroatoms. The highest BCUT2D eigenvalue weighted by Crippen LogP contribution is 2.38. The molecule has 2 aliphatic rings. The van der Waals surface area contributed by atoms with Gasteiger partial charge >= 0.3 is 5.97 Å². The lowest BCUT2D eigenvalue weighted by Crippen LogP contribution is -2.33. The summed E-state index contributed by atoms with van der Waals surface area (Å²) in [7, 11) is 0. The Labute approximate surface area is 125 Å². The number of carbonyl (C=O) groups is 3. The molecule has 0 saturated heterocycles. The van der Waals surface area contributed by atoms with Gasteiger partial charge in [0.2, 0.25) is 11.8 Å². The third-order valence-electron chi connectivity index (χ3n) is 3.90. The van der Waals surface area contributed by atoms with Crippen molar-refractivity contribution in [1.29, 1.82) is 0 Å². The van der Waals surface area contributed by atoms with Crippen LogP contribution in [0.5, 0.6) is 0 Å². The molecular formula is C14H16N2O4S. The molecule has 0 atom stereocenters. The average molecular weight is 308 g/mol. The number of carboxylic acids is 1. The summed E-state index contributed by atoms with van der Waals surface area (Å²) in [4.78, 5) is 37.4. The van der Waals surface area contributed by atoms with Gasteiger partial charge in [0.05, 0.1) is 12.1 Å². The number of rotatable bonds is 3. The van der Waals surface area contributed by atoms with Gasteiger partial charge in [-0.3, -0.25) is 9.59 Å². The van der Waals surface area contributed by atoms with Gasteiger partial charge in [0, 0.05) is 24.3 Å².